The molecule has 0 aliphatic rings. The zero-order valence-corrected chi connectivity index (χ0v) is 9.54. The molecule has 0 unspecified atom stereocenters. The van der Waals surface area contributed by atoms with Gasteiger partial charge in [0.05, 0.1) is 15.6 Å². The molecule has 0 aliphatic carbocycles. The molecule has 1 aromatic carbocycles. The minimum Gasteiger partial charge on any atom is -0.207 e. The molecule has 0 radical (unpaired) electrons. The number of hydrogen-bond acceptors (Lipinski definition) is 3. The van der Waals surface area contributed by atoms with Crippen molar-refractivity contribution < 1.29 is 8.42 Å². The Bertz CT molecular complexity index is 518. The lowest BCUT2D eigenvalue weighted by atomic mass is 10.2. The molecule has 1 rings (SSSR count). The highest BCUT2D eigenvalue weighted by Crippen LogP contribution is 2.33. The smallest absolute Gasteiger partial charge is 0.207 e. The molecule has 0 fully saturated rings. The number of nitriles is 1. The maximum Gasteiger partial charge on any atom is 0.262 e. The van der Waals surface area contributed by atoms with Crippen LogP contribution in [0.25, 0.3) is 0 Å². The topological polar surface area (TPSA) is 57.9 Å². The van der Waals surface area contributed by atoms with E-state index in [1.165, 1.54) is 6.07 Å². The summed E-state index contributed by atoms with van der Waals surface area (Å²) in [5, 5.41) is 8.21. The van der Waals surface area contributed by atoms with Crippen molar-refractivity contribution in [2.24, 2.45) is 0 Å². The highest BCUT2D eigenvalue weighted by atomic mass is 35.7. The van der Waals surface area contributed by atoms with Gasteiger partial charge in [-0.25, -0.2) is 8.42 Å². The van der Waals surface area contributed by atoms with E-state index in [0.717, 1.165) is 6.07 Å². The van der Waals surface area contributed by atoms with Crippen LogP contribution >= 0.6 is 33.9 Å². The third-order valence-electron chi connectivity index (χ3n) is 1.43. The van der Waals surface area contributed by atoms with Crippen molar-refractivity contribution in [1.29, 1.82) is 5.26 Å². The summed E-state index contributed by atoms with van der Waals surface area (Å²) in [5.74, 6) is 0. The molecule has 0 spiro atoms. The van der Waals surface area contributed by atoms with Crippen LogP contribution < -0.4 is 0 Å². The maximum absolute atomic E-state index is 10.9. The van der Waals surface area contributed by atoms with Crippen molar-refractivity contribution >= 4 is 42.9 Å². The van der Waals surface area contributed by atoms with E-state index in [1.54, 1.807) is 6.07 Å². The van der Waals surface area contributed by atoms with E-state index in [1.807, 2.05) is 0 Å². The number of hydrogen-bond donors (Lipinski definition) is 0. The second-order valence-electron chi connectivity index (χ2n) is 2.29. The second-order valence-corrected chi connectivity index (χ2v) is 5.58. The van der Waals surface area contributed by atoms with Gasteiger partial charge in [-0.3, -0.25) is 0 Å². The molecular weight excluding hydrogens is 269 g/mol. The summed E-state index contributed by atoms with van der Waals surface area (Å²) in [7, 11) is 1.14. The van der Waals surface area contributed by atoms with E-state index < -0.39 is 9.05 Å². The van der Waals surface area contributed by atoms with Crippen LogP contribution in [-0.2, 0) is 9.05 Å². The van der Waals surface area contributed by atoms with Gasteiger partial charge in [-0.15, -0.1) is 0 Å². The Morgan fingerprint density at radius 1 is 1.21 bits per heavy atom. The normalized spacial score (nSPS) is 11.0. The molecule has 0 atom stereocenters. The number of benzene rings is 1. The molecule has 0 heterocycles. The molecule has 74 valence electrons. The highest BCUT2D eigenvalue weighted by Gasteiger charge is 2.18. The maximum atomic E-state index is 10.9. The summed E-state index contributed by atoms with van der Waals surface area (Å²) in [6.45, 7) is 0. The van der Waals surface area contributed by atoms with Crippen LogP contribution in [-0.4, -0.2) is 8.42 Å². The Balaban J connectivity index is 3.57. The fourth-order valence-corrected chi connectivity index (χ4v) is 2.59. The van der Waals surface area contributed by atoms with Crippen molar-refractivity contribution in [3.8, 4) is 6.07 Å². The van der Waals surface area contributed by atoms with Crippen LogP contribution in [0.3, 0.4) is 0 Å². The summed E-state index contributed by atoms with van der Waals surface area (Å²) < 4.78 is 21.9. The summed E-state index contributed by atoms with van der Waals surface area (Å²) >= 11 is 11.2. The molecule has 0 bridgehead atoms. The summed E-state index contributed by atoms with van der Waals surface area (Å²) in [5.41, 5.74) is 0.0979. The molecule has 3 nitrogen and oxygen atoms in total. The number of halogens is 3. The minimum atomic E-state index is -3.93. The fraction of sp³-hybridized carbons (Fsp3) is 0. The van der Waals surface area contributed by atoms with Crippen LogP contribution in [0.5, 0.6) is 0 Å². The fourth-order valence-electron chi connectivity index (χ4n) is 0.806. The first-order valence-corrected chi connectivity index (χ1v) is 6.27. The van der Waals surface area contributed by atoms with Gasteiger partial charge >= 0.3 is 0 Å². The van der Waals surface area contributed by atoms with E-state index in [-0.39, 0.29) is 20.5 Å². The average molecular weight is 271 g/mol. The molecule has 0 aromatic heterocycles. The van der Waals surface area contributed by atoms with Gasteiger partial charge in [-0.05, 0) is 12.1 Å². The van der Waals surface area contributed by atoms with E-state index in [2.05, 4.69) is 0 Å². The first kappa shape index (κ1) is 11.6. The van der Waals surface area contributed by atoms with Crippen LogP contribution in [0.1, 0.15) is 5.56 Å². The standard InChI is InChI=1S/C7H2Cl3NO2S/c8-6-4(3-11)1-2-5(7(6)9)14(10,12)13/h1-2H. The Hall–Kier alpha value is -0.470. The van der Waals surface area contributed by atoms with Crippen LogP contribution in [0.2, 0.25) is 10.0 Å². The van der Waals surface area contributed by atoms with Crippen molar-refractivity contribution in [3.63, 3.8) is 0 Å². The zero-order chi connectivity index (χ0) is 10.9. The summed E-state index contributed by atoms with van der Waals surface area (Å²) in [4.78, 5) is -0.301. The van der Waals surface area contributed by atoms with Gasteiger partial charge in [0.25, 0.3) is 9.05 Å². The molecule has 7 heteroatoms. The van der Waals surface area contributed by atoms with Crippen LogP contribution in [0.15, 0.2) is 17.0 Å². The molecule has 0 aliphatic heterocycles. The lowest BCUT2D eigenvalue weighted by Gasteiger charge is -2.02. The first-order valence-electron chi connectivity index (χ1n) is 3.20. The van der Waals surface area contributed by atoms with Crippen LogP contribution in [0.4, 0.5) is 0 Å². The second kappa shape index (κ2) is 3.95. The van der Waals surface area contributed by atoms with Gasteiger partial charge in [0.2, 0.25) is 0 Å². The molecule has 14 heavy (non-hydrogen) atoms. The molecular formula is C7H2Cl3NO2S. The van der Waals surface area contributed by atoms with Gasteiger partial charge in [0, 0.05) is 10.7 Å². The first-order chi connectivity index (χ1) is 6.38. The monoisotopic (exact) mass is 269 g/mol. The van der Waals surface area contributed by atoms with Crippen LogP contribution in [0, 0.1) is 11.3 Å². The molecule has 0 amide bonds. The van der Waals surface area contributed by atoms with Gasteiger partial charge in [0.1, 0.15) is 11.0 Å². The Morgan fingerprint density at radius 2 is 1.79 bits per heavy atom. The third kappa shape index (κ3) is 2.12. The Morgan fingerprint density at radius 3 is 2.21 bits per heavy atom. The van der Waals surface area contributed by atoms with Crippen molar-refractivity contribution in [1.82, 2.24) is 0 Å². The van der Waals surface area contributed by atoms with E-state index in [0.29, 0.717) is 0 Å². The average Bonchev–Trinajstić information content (AvgIpc) is 2.07. The number of rotatable bonds is 1. The van der Waals surface area contributed by atoms with Crippen molar-refractivity contribution in [3.05, 3.63) is 27.7 Å². The SMILES string of the molecule is N#Cc1ccc(S(=O)(=O)Cl)c(Cl)c1Cl. The largest absolute Gasteiger partial charge is 0.262 e. The molecule has 0 N–H and O–H groups in total. The minimum absolute atomic E-state index is 0.0979. The predicted octanol–water partition coefficient (Wildman–Crippen LogP) is 2.79. The van der Waals surface area contributed by atoms with Gasteiger partial charge < -0.3 is 0 Å². The lowest BCUT2D eigenvalue weighted by Crippen LogP contribution is -1.93. The van der Waals surface area contributed by atoms with E-state index >= 15 is 0 Å². The van der Waals surface area contributed by atoms with E-state index in [4.69, 9.17) is 39.1 Å². The molecule has 0 saturated carbocycles. The summed E-state index contributed by atoms with van der Waals surface area (Å²) in [6, 6.07) is 4.13. The summed E-state index contributed by atoms with van der Waals surface area (Å²) in [6.07, 6.45) is 0. The number of nitrogens with zero attached hydrogens (tertiary/aromatic N) is 1. The highest BCUT2D eigenvalue weighted by molar-refractivity contribution is 8.13. The zero-order valence-electron chi connectivity index (χ0n) is 6.46. The van der Waals surface area contributed by atoms with Gasteiger partial charge in [-0.2, -0.15) is 5.26 Å². The predicted molar refractivity (Wildman–Crippen MR) is 54.2 cm³/mol. The molecule has 1 aromatic rings. The Kier molecular flexibility index (Phi) is 3.28. The van der Waals surface area contributed by atoms with Crippen molar-refractivity contribution in [2.75, 3.05) is 0 Å². The van der Waals surface area contributed by atoms with E-state index in [9.17, 15) is 8.42 Å². The third-order valence-corrected chi connectivity index (χ3v) is 3.79. The molecule has 0 saturated heterocycles. The quantitative estimate of drug-likeness (QED) is 0.737. The Labute approximate surface area is 95.2 Å². The van der Waals surface area contributed by atoms with Crippen molar-refractivity contribution in [2.45, 2.75) is 4.90 Å². The lowest BCUT2D eigenvalue weighted by molar-refractivity contribution is 0.609. The van der Waals surface area contributed by atoms with Gasteiger partial charge in [0.15, 0.2) is 0 Å². The van der Waals surface area contributed by atoms with Gasteiger partial charge in [-0.1, -0.05) is 23.2 Å².